The molecule has 2 N–H and O–H groups in total. The van der Waals surface area contributed by atoms with Gasteiger partial charge in [0.05, 0.1) is 12.8 Å². The summed E-state index contributed by atoms with van der Waals surface area (Å²) < 4.78 is 12.7. The zero-order chi connectivity index (χ0) is 10.7. The molecule has 1 heterocycles. The number of likely N-dealkylation sites (N-methyl/N-ethyl adjacent to an activating group) is 1. The highest BCUT2D eigenvalue weighted by atomic mass is 19.1. The van der Waals surface area contributed by atoms with Crippen LogP contribution in [-0.4, -0.2) is 25.4 Å². The quantitative estimate of drug-likeness (QED) is 0.774. The van der Waals surface area contributed by atoms with Crippen molar-refractivity contribution in [3.63, 3.8) is 0 Å². The van der Waals surface area contributed by atoms with Gasteiger partial charge < -0.3 is 10.2 Å². The third-order valence-corrected chi connectivity index (χ3v) is 2.41. The molecule has 2 rings (SSSR count). The molecule has 0 fully saturated rings. The van der Waals surface area contributed by atoms with E-state index in [9.17, 15) is 4.39 Å². The minimum atomic E-state index is -0.225. The van der Waals surface area contributed by atoms with Gasteiger partial charge in [0, 0.05) is 6.42 Å². The highest BCUT2D eigenvalue weighted by molar-refractivity contribution is 6.01. The Morgan fingerprint density at radius 3 is 2.87 bits per heavy atom. The van der Waals surface area contributed by atoms with Crippen molar-refractivity contribution in [2.45, 2.75) is 12.5 Å². The summed E-state index contributed by atoms with van der Waals surface area (Å²) in [6.45, 7) is 0.897. The molecule has 0 amide bonds. The van der Waals surface area contributed by atoms with Gasteiger partial charge in [-0.3, -0.25) is 0 Å². The Hall–Kier alpha value is -1.42. The van der Waals surface area contributed by atoms with Crippen LogP contribution in [0.4, 0.5) is 4.39 Å². The van der Waals surface area contributed by atoms with Crippen molar-refractivity contribution in [2.24, 2.45) is 5.16 Å². The molecule has 0 unspecified atom stereocenters. The first-order valence-electron chi connectivity index (χ1n) is 5.06. The molecule has 0 aliphatic carbocycles. The number of halogens is 1. The zero-order valence-corrected chi connectivity index (χ0v) is 8.61. The van der Waals surface area contributed by atoms with E-state index in [-0.39, 0.29) is 11.9 Å². The first kappa shape index (κ1) is 10.1. The van der Waals surface area contributed by atoms with Crippen molar-refractivity contribution in [1.82, 2.24) is 0 Å². The van der Waals surface area contributed by atoms with Crippen molar-refractivity contribution in [3.8, 4) is 0 Å². The Bertz CT molecular complexity index is 361. The highest BCUT2D eigenvalue weighted by Crippen LogP contribution is 2.15. The number of hydrogen-bond acceptors (Lipinski definition) is 2. The SMILES string of the molecule is C[NH2+]C[C@@H]1CC(c2ccc(F)cc2)=NO1. The molecular formula is C11H14FN2O+. The van der Waals surface area contributed by atoms with Crippen LogP contribution in [0.3, 0.4) is 0 Å². The van der Waals surface area contributed by atoms with Crippen molar-refractivity contribution in [3.05, 3.63) is 35.6 Å². The number of quaternary nitrogens is 1. The Morgan fingerprint density at radius 1 is 1.47 bits per heavy atom. The molecule has 1 aromatic rings. The van der Waals surface area contributed by atoms with E-state index in [4.69, 9.17) is 4.84 Å². The van der Waals surface area contributed by atoms with Gasteiger partial charge in [-0.1, -0.05) is 17.3 Å². The minimum Gasteiger partial charge on any atom is -0.386 e. The molecule has 3 nitrogen and oxygen atoms in total. The molecule has 0 saturated carbocycles. The fraction of sp³-hybridized carbons (Fsp3) is 0.364. The van der Waals surface area contributed by atoms with Crippen molar-refractivity contribution >= 4 is 5.71 Å². The summed E-state index contributed by atoms with van der Waals surface area (Å²) in [5.41, 5.74) is 1.84. The monoisotopic (exact) mass is 209 g/mol. The van der Waals surface area contributed by atoms with E-state index < -0.39 is 0 Å². The van der Waals surface area contributed by atoms with Gasteiger partial charge in [0.1, 0.15) is 12.4 Å². The molecule has 0 saturated heterocycles. The second-order valence-electron chi connectivity index (χ2n) is 3.62. The molecule has 0 radical (unpaired) electrons. The molecule has 0 spiro atoms. The highest BCUT2D eigenvalue weighted by Gasteiger charge is 2.22. The summed E-state index contributed by atoms with van der Waals surface area (Å²) in [6.07, 6.45) is 0.950. The predicted octanol–water partition coefficient (Wildman–Crippen LogP) is 0.512. The second kappa shape index (κ2) is 4.40. The lowest BCUT2D eigenvalue weighted by Crippen LogP contribution is -2.82. The van der Waals surface area contributed by atoms with Crippen LogP contribution in [0.15, 0.2) is 29.4 Å². The van der Waals surface area contributed by atoms with Crippen LogP contribution < -0.4 is 5.32 Å². The molecule has 80 valence electrons. The summed E-state index contributed by atoms with van der Waals surface area (Å²) in [5, 5.41) is 6.07. The van der Waals surface area contributed by atoms with Crippen molar-refractivity contribution in [2.75, 3.05) is 13.6 Å². The van der Waals surface area contributed by atoms with E-state index in [0.717, 1.165) is 24.2 Å². The Kier molecular flexibility index (Phi) is 2.97. The number of rotatable bonds is 3. The van der Waals surface area contributed by atoms with Crippen LogP contribution in [0.2, 0.25) is 0 Å². The molecular weight excluding hydrogens is 195 g/mol. The summed E-state index contributed by atoms with van der Waals surface area (Å²) in [5.74, 6) is -0.225. The number of nitrogens with two attached hydrogens (primary N) is 1. The topological polar surface area (TPSA) is 38.2 Å². The number of oxime groups is 1. The molecule has 15 heavy (non-hydrogen) atoms. The van der Waals surface area contributed by atoms with E-state index in [0.29, 0.717) is 0 Å². The normalized spacial score (nSPS) is 19.9. The van der Waals surface area contributed by atoms with Gasteiger partial charge in [-0.2, -0.15) is 0 Å². The van der Waals surface area contributed by atoms with E-state index in [2.05, 4.69) is 10.5 Å². The maximum absolute atomic E-state index is 12.7. The summed E-state index contributed by atoms with van der Waals surface area (Å²) >= 11 is 0. The maximum atomic E-state index is 12.7. The third kappa shape index (κ3) is 2.33. The predicted molar refractivity (Wildman–Crippen MR) is 55.1 cm³/mol. The fourth-order valence-corrected chi connectivity index (χ4v) is 1.63. The van der Waals surface area contributed by atoms with Crippen LogP contribution in [0.1, 0.15) is 12.0 Å². The average Bonchev–Trinajstić information content (AvgIpc) is 2.68. The number of benzene rings is 1. The van der Waals surface area contributed by atoms with Crippen molar-refractivity contribution in [1.29, 1.82) is 0 Å². The number of nitrogens with zero attached hydrogens (tertiary/aromatic N) is 1. The van der Waals surface area contributed by atoms with E-state index >= 15 is 0 Å². The summed E-state index contributed by atoms with van der Waals surface area (Å²) in [6, 6.07) is 6.35. The van der Waals surface area contributed by atoms with Gasteiger partial charge in [0.25, 0.3) is 0 Å². The molecule has 1 aromatic carbocycles. The molecule has 0 aromatic heterocycles. The van der Waals surface area contributed by atoms with E-state index in [1.807, 2.05) is 7.05 Å². The lowest BCUT2D eigenvalue weighted by Gasteiger charge is -2.03. The zero-order valence-electron chi connectivity index (χ0n) is 8.61. The van der Waals surface area contributed by atoms with Crippen LogP contribution in [-0.2, 0) is 4.84 Å². The lowest BCUT2D eigenvalue weighted by atomic mass is 10.1. The minimum absolute atomic E-state index is 0.148. The van der Waals surface area contributed by atoms with Gasteiger partial charge in [-0.15, -0.1) is 0 Å². The lowest BCUT2D eigenvalue weighted by molar-refractivity contribution is -0.633. The second-order valence-corrected chi connectivity index (χ2v) is 3.62. The van der Waals surface area contributed by atoms with Crippen molar-refractivity contribution < 1.29 is 14.5 Å². The molecule has 4 heteroatoms. The van der Waals surface area contributed by atoms with Crippen LogP contribution >= 0.6 is 0 Å². The van der Waals surface area contributed by atoms with E-state index in [1.54, 1.807) is 12.1 Å². The van der Waals surface area contributed by atoms with Gasteiger partial charge in [0.2, 0.25) is 0 Å². The maximum Gasteiger partial charge on any atom is 0.181 e. The Labute approximate surface area is 87.9 Å². The van der Waals surface area contributed by atoms with Gasteiger partial charge in [-0.05, 0) is 17.7 Å². The Balaban J connectivity index is 2.04. The van der Waals surface area contributed by atoms with Gasteiger partial charge in [0.15, 0.2) is 6.10 Å². The fourth-order valence-electron chi connectivity index (χ4n) is 1.63. The summed E-state index contributed by atoms with van der Waals surface area (Å²) in [7, 11) is 2.00. The first-order chi connectivity index (χ1) is 7.29. The van der Waals surface area contributed by atoms with Crippen LogP contribution in [0, 0.1) is 5.82 Å². The van der Waals surface area contributed by atoms with E-state index in [1.165, 1.54) is 12.1 Å². The van der Waals surface area contributed by atoms with Crippen LogP contribution in [0.25, 0.3) is 0 Å². The van der Waals surface area contributed by atoms with Gasteiger partial charge in [-0.25, -0.2) is 4.39 Å². The van der Waals surface area contributed by atoms with Crippen LogP contribution in [0.5, 0.6) is 0 Å². The number of hydrogen-bond donors (Lipinski definition) is 1. The molecule has 1 atom stereocenters. The Morgan fingerprint density at radius 2 is 2.20 bits per heavy atom. The standard InChI is InChI=1S/C11H13FN2O/c1-13-7-10-6-11(14-15-10)8-2-4-9(12)5-3-8/h2-5,10,13H,6-7H2,1H3/p+1/t10-/m0/s1. The smallest absolute Gasteiger partial charge is 0.181 e. The molecule has 0 bridgehead atoms. The largest absolute Gasteiger partial charge is 0.386 e. The molecule has 1 aliphatic heterocycles. The summed E-state index contributed by atoms with van der Waals surface area (Å²) in [4.78, 5) is 5.25. The van der Waals surface area contributed by atoms with Gasteiger partial charge >= 0.3 is 0 Å². The first-order valence-corrected chi connectivity index (χ1v) is 5.06. The average molecular weight is 209 g/mol. The molecule has 1 aliphatic rings. The third-order valence-electron chi connectivity index (χ3n) is 2.41.